The lowest BCUT2D eigenvalue weighted by atomic mass is 10.2. The Labute approximate surface area is 185 Å². The van der Waals surface area contributed by atoms with E-state index in [0.717, 1.165) is 35.5 Å². The lowest BCUT2D eigenvalue weighted by Crippen LogP contribution is -2.34. The van der Waals surface area contributed by atoms with E-state index >= 15 is 0 Å². The monoisotopic (exact) mass is 442 g/mol. The number of carbonyl (C=O) groups excluding carboxylic acids is 1. The topological polar surface area (TPSA) is 60.2 Å². The standard InChI is InChI=1S/C22H23ClN4O2S/c1-26-21(16-5-7-17(23)8-6-16)24-25-22(26)30-14-20(28)27(18-9-10-18)13-15-3-11-19(29-2)12-4-15/h3-8,11-12,18H,9-10,13-14H2,1-2H3. The summed E-state index contributed by atoms with van der Waals surface area (Å²) in [4.78, 5) is 14.9. The van der Waals surface area contributed by atoms with Crippen LogP contribution in [-0.2, 0) is 18.4 Å². The Balaban J connectivity index is 1.40. The van der Waals surface area contributed by atoms with E-state index in [1.807, 2.05) is 65.0 Å². The lowest BCUT2D eigenvalue weighted by molar-refractivity contribution is -0.129. The number of hydrogen-bond donors (Lipinski definition) is 0. The fraction of sp³-hybridized carbons (Fsp3) is 0.318. The summed E-state index contributed by atoms with van der Waals surface area (Å²) in [7, 11) is 3.56. The highest BCUT2D eigenvalue weighted by Gasteiger charge is 2.32. The van der Waals surface area contributed by atoms with Gasteiger partial charge in [0.25, 0.3) is 0 Å². The third kappa shape index (κ3) is 4.79. The molecule has 0 spiro atoms. The molecule has 0 aliphatic heterocycles. The predicted molar refractivity (Wildman–Crippen MR) is 119 cm³/mol. The van der Waals surface area contributed by atoms with Crippen molar-refractivity contribution in [2.24, 2.45) is 7.05 Å². The molecule has 0 radical (unpaired) electrons. The number of aromatic nitrogens is 3. The van der Waals surface area contributed by atoms with Gasteiger partial charge in [0, 0.05) is 30.2 Å². The van der Waals surface area contributed by atoms with E-state index in [1.165, 1.54) is 11.8 Å². The molecule has 1 amide bonds. The van der Waals surface area contributed by atoms with Crippen LogP contribution in [0.2, 0.25) is 5.02 Å². The lowest BCUT2D eigenvalue weighted by Gasteiger charge is -2.22. The molecular formula is C22H23ClN4O2S. The molecule has 8 heteroatoms. The molecule has 0 unspecified atom stereocenters. The van der Waals surface area contributed by atoms with Crippen molar-refractivity contribution >= 4 is 29.3 Å². The molecule has 0 saturated heterocycles. The first-order valence-corrected chi connectivity index (χ1v) is 11.1. The molecule has 1 heterocycles. The summed E-state index contributed by atoms with van der Waals surface area (Å²) in [6, 6.07) is 15.7. The van der Waals surface area contributed by atoms with Crippen molar-refractivity contribution in [2.75, 3.05) is 12.9 Å². The molecule has 3 aromatic rings. The van der Waals surface area contributed by atoms with Crippen molar-refractivity contribution in [1.82, 2.24) is 19.7 Å². The number of hydrogen-bond acceptors (Lipinski definition) is 5. The molecular weight excluding hydrogens is 420 g/mol. The Kier molecular flexibility index (Phi) is 6.29. The summed E-state index contributed by atoms with van der Waals surface area (Å²) in [5.74, 6) is 2.02. The van der Waals surface area contributed by atoms with Crippen LogP contribution in [0.25, 0.3) is 11.4 Å². The number of benzene rings is 2. The molecule has 0 atom stereocenters. The molecule has 6 nitrogen and oxygen atoms in total. The number of rotatable bonds is 8. The number of nitrogens with zero attached hydrogens (tertiary/aromatic N) is 4. The predicted octanol–water partition coefficient (Wildman–Crippen LogP) is 4.43. The van der Waals surface area contributed by atoms with Crippen LogP contribution in [0, 0.1) is 0 Å². The number of methoxy groups -OCH3 is 1. The molecule has 0 N–H and O–H groups in total. The van der Waals surface area contributed by atoms with Gasteiger partial charge in [-0.25, -0.2) is 0 Å². The van der Waals surface area contributed by atoms with Crippen molar-refractivity contribution in [3.8, 4) is 17.1 Å². The summed E-state index contributed by atoms with van der Waals surface area (Å²) in [6.45, 7) is 0.614. The largest absolute Gasteiger partial charge is 0.497 e. The maximum absolute atomic E-state index is 13.0. The van der Waals surface area contributed by atoms with Crippen molar-refractivity contribution in [1.29, 1.82) is 0 Å². The molecule has 0 bridgehead atoms. The van der Waals surface area contributed by atoms with Crippen molar-refractivity contribution in [3.63, 3.8) is 0 Å². The van der Waals surface area contributed by atoms with Crippen molar-refractivity contribution < 1.29 is 9.53 Å². The SMILES string of the molecule is COc1ccc(CN(C(=O)CSc2nnc(-c3ccc(Cl)cc3)n2C)C2CC2)cc1. The second-order valence-corrected chi connectivity index (χ2v) is 8.64. The first-order valence-electron chi connectivity index (χ1n) is 9.75. The van der Waals surface area contributed by atoms with E-state index in [1.54, 1.807) is 7.11 Å². The van der Waals surface area contributed by atoms with Crippen LogP contribution in [0.1, 0.15) is 18.4 Å². The molecule has 30 heavy (non-hydrogen) atoms. The van der Waals surface area contributed by atoms with Crippen LogP contribution in [0.4, 0.5) is 0 Å². The van der Waals surface area contributed by atoms with Crippen molar-refractivity contribution in [3.05, 3.63) is 59.1 Å². The maximum atomic E-state index is 13.0. The van der Waals surface area contributed by atoms with E-state index in [-0.39, 0.29) is 5.91 Å². The average Bonchev–Trinajstić information content (AvgIpc) is 3.54. The van der Waals surface area contributed by atoms with Gasteiger partial charge in [0.1, 0.15) is 5.75 Å². The van der Waals surface area contributed by atoms with Gasteiger partial charge in [-0.15, -0.1) is 10.2 Å². The van der Waals surface area contributed by atoms with Gasteiger partial charge in [-0.2, -0.15) is 0 Å². The molecule has 1 aliphatic rings. The highest BCUT2D eigenvalue weighted by Crippen LogP contribution is 2.30. The summed E-state index contributed by atoms with van der Waals surface area (Å²) in [6.07, 6.45) is 2.13. The Bertz CT molecular complexity index is 1020. The quantitative estimate of drug-likeness (QED) is 0.483. The van der Waals surface area contributed by atoms with Crippen LogP contribution < -0.4 is 4.74 Å². The highest BCUT2D eigenvalue weighted by atomic mass is 35.5. The summed E-state index contributed by atoms with van der Waals surface area (Å²) < 4.78 is 7.12. The van der Waals surface area contributed by atoms with Gasteiger partial charge in [0.15, 0.2) is 11.0 Å². The third-order valence-electron chi connectivity index (χ3n) is 5.08. The minimum Gasteiger partial charge on any atom is -0.497 e. The van der Waals surface area contributed by atoms with E-state index in [9.17, 15) is 4.79 Å². The molecule has 1 aliphatic carbocycles. The van der Waals surface area contributed by atoms with E-state index in [2.05, 4.69) is 10.2 Å². The van der Waals surface area contributed by atoms with Crippen LogP contribution in [0.5, 0.6) is 5.75 Å². The van der Waals surface area contributed by atoms with Gasteiger partial charge >= 0.3 is 0 Å². The third-order valence-corrected chi connectivity index (χ3v) is 6.34. The van der Waals surface area contributed by atoms with Crippen LogP contribution >= 0.6 is 23.4 Å². The Morgan fingerprint density at radius 2 is 1.87 bits per heavy atom. The fourth-order valence-electron chi connectivity index (χ4n) is 3.23. The normalized spacial score (nSPS) is 13.3. The van der Waals surface area contributed by atoms with Gasteiger partial charge in [0.2, 0.25) is 5.91 Å². The van der Waals surface area contributed by atoms with Crippen molar-refractivity contribution in [2.45, 2.75) is 30.6 Å². The van der Waals surface area contributed by atoms with Crippen LogP contribution in [0.3, 0.4) is 0 Å². The number of carbonyl (C=O) groups is 1. The second-order valence-electron chi connectivity index (χ2n) is 7.26. The zero-order valence-corrected chi connectivity index (χ0v) is 18.5. The highest BCUT2D eigenvalue weighted by molar-refractivity contribution is 7.99. The first kappa shape index (κ1) is 20.8. The number of halogens is 1. The van der Waals surface area contributed by atoms with E-state index in [4.69, 9.17) is 16.3 Å². The molecule has 1 saturated carbocycles. The van der Waals surface area contributed by atoms with E-state index < -0.39 is 0 Å². The first-order chi connectivity index (χ1) is 14.5. The second kappa shape index (κ2) is 9.10. The maximum Gasteiger partial charge on any atom is 0.233 e. The number of thioether (sulfide) groups is 1. The Morgan fingerprint density at radius 3 is 2.50 bits per heavy atom. The summed E-state index contributed by atoms with van der Waals surface area (Å²) in [5, 5.41) is 9.94. The van der Waals surface area contributed by atoms with Gasteiger partial charge in [-0.3, -0.25) is 4.79 Å². The Morgan fingerprint density at radius 1 is 1.17 bits per heavy atom. The Hall–Kier alpha value is -2.51. The van der Waals surface area contributed by atoms with Crippen LogP contribution in [-0.4, -0.2) is 44.5 Å². The zero-order valence-electron chi connectivity index (χ0n) is 16.9. The van der Waals surface area contributed by atoms with Gasteiger partial charge in [-0.05, 0) is 54.8 Å². The number of amides is 1. The van der Waals surface area contributed by atoms with Gasteiger partial charge in [0.05, 0.1) is 12.9 Å². The molecule has 1 aromatic heterocycles. The van der Waals surface area contributed by atoms with Gasteiger partial charge in [-0.1, -0.05) is 35.5 Å². The van der Waals surface area contributed by atoms with Crippen LogP contribution in [0.15, 0.2) is 53.7 Å². The average molecular weight is 443 g/mol. The minimum atomic E-state index is 0.120. The smallest absolute Gasteiger partial charge is 0.233 e. The molecule has 156 valence electrons. The fourth-order valence-corrected chi connectivity index (χ4v) is 4.16. The summed E-state index contributed by atoms with van der Waals surface area (Å²) >= 11 is 7.38. The number of ether oxygens (including phenoxy) is 1. The molecule has 1 fully saturated rings. The molecule has 4 rings (SSSR count). The molecule has 2 aromatic carbocycles. The zero-order chi connectivity index (χ0) is 21.1. The summed E-state index contributed by atoms with van der Waals surface area (Å²) in [5.41, 5.74) is 2.04. The van der Waals surface area contributed by atoms with E-state index in [0.29, 0.717) is 28.5 Å². The minimum absolute atomic E-state index is 0.120. The van der Waals surface area contributed by atoms with Gasteiger partial charge < -0.3 is 14.2 Å².